The first-order valence-corrected chi connectivity index (χ1v) is 8.90. The van der Waals surface area contributed by atoms with Gasteiger partial charge in [-0.2, -0.15) is 13.2 Å². The van der Waals surface area contributed by atoms with Gasteiger partial charge < -0.3 is 4.74 Å². The topological polar surface area (TPSA) is 46.6 Å². The minimum absolute atomic E-state index is 0.0148. The van der Waals surface area contributed by atoms with Crippen LogP contribution in [0.5, 0.6) is 0 Å². The van der Waals surface area contributed by atoms with Gasteiger partial charge in [-0.05, 0) is 36.4 Å². The second kappa shape index (κ2) is 6.88. The lowest BCUT2D eigenvalue weighted by Crippen LogP contribution is -2.37. The Kier molecular flexibility index (Phi) is 4.61. The fourth-order valence-corrected chi connectivity index (χ4v) is 3.94. The van der Waals surface area contributed by atoms with E-state index in [4.69, 9.17) is 16.3 Å². The highest BCUT2D eigenvalue weighted by atomic mass is 35.5. The Morgan fingerprint density at radius 2 is 1.76 bits per heavy atom. The van der Waals surface area contributed by atoms with E-state index in [1.807, 2.05) is 0 Å². The number of nitrogens with zero attached hydrogens (tertiary/aromatic N) is 1. The number of amides is 1. The number of hydrogen-bond acceptors (Lipinski definition) is 3. The van der Waals surface area contributed by atoms with Gasteiger partial charge in [0.2, 0.25) is 5.91 Å². The van der Waals surface area contributed by atoms with E-state index in [0.717, 1.165) is 29.2 Å². The normalized spacial score (nSPS) is 19.5. The first kappa shape index (κ1) is 19.4. The highest BCUT2D eigenvalue weighted by Gasteiger charge is 2.44. The van der Waals surface area contributed by atoms with Crippen molar-refractivity contribution in [3.8, 4) is 0 Å². The largest absolute Gasteiger partial charge is 0.456 e. The maximum atomic E-state index is 14.4. The Balaban J connectivity index is 1.81. The molecule has 1 amide bonds. The van der Waals surface area contributed by atoms with Crippen LogP contribution in [0.15, 0.2) is 53.7 Å². The summed E-state index contributed by atoms with van der Waals surface area (Å²) >= 11 is 6.12. The SMILES string of the molecule is O=C1OCC2=C1C(c1c(F)cccc1Cl)CC(=O)N2c1ccc(C(F)(F)F)cc1. The second-order valence-corrected chi connectivity index (χ2v) is 7.01. The molecule has 2 aliphatic rings. The Morgan fingerprint density at radius 1 is 1.07 bits per heavy atom. The average Bonchev–Trinajstić information content (AvgIpc) is 3.02. The standard InChI is InChI=1S/C20H12ClF4NO3/c21-13-2-1-3-14(22)17(13)12-8-16(27)26(15-9-29-19(28)18(12)15)11-6-4-10(5-7-11)20(23,24)25/h1-7,12H,8-9H2. The molecule has 2 heterocycles. The van der Waals surface area contributed by atoms with Gasteiger partial charge >= 0.3 is 12.1 Å². The molecule has 0 radical (unpaired) electrons. The molecule has 0 N–H and O–H groups in total. The molecule has 29 heavy (non-hydrogen) atoms. The fourth-order valence-electron chi connectivity index (χ4n) is 3.64. The molecule has 0 aliphatic carbocycles. The maximum Gasteiger partial charge on any atom is 0.416 e. The van der Waals surface area contributed by atoms with Gasteiger partial charge in [0, 0.05) is 28.6 Å². The van der Waals surface area contributed by atoms with Crippen LogP contribution >= 0.6 is 11.6 Å². The summed E-state index contributed by atoms with van der Waals surface area (Å²) in [4.78, 5) is 26.4. The first-order valence-electron chi connectivity index (χ1n) is 8.52. The predicted molar refractivity (Wildman–Crippen MR) is 95.7 cm³/mol. The van der Waals surface area contributed by atoms with Gasteiger partial charge in [-0.15, -0.1) is 0 Å². The van der Waals surface area contributed by atoms with Crippen LogP contribution in [0, 0.1) is 5.82 Å². The monoisotopic (exact) mass is 425 g/mol. The number of carbonyl (C=O) groups excluding carboxylic acids is 2. The van der Waals surface area contributed by atoms with Gasteiger partial charge in [0.25, 0.3) is 0 Å². The van der Waals surface area contributed by atoms with E-state index in [-0.39, 0.29) is 40.6 Å². The molecule has 0 aromatic heterocycles. The third kappa shape index (κ3) is 3.27. The van der Waals surface area contributed by atoms with Crippen molar-refractivity contribution in [2.75, 3.05) is 11.5 Å². The number of esters is 1. The fraction of sp³-hybridized carbons (Fsp3) is 0.200. The second-order valence-electron chi connectivity index (χ2n) is 6.60. The van der Waals surface area contributed by atoms with E-state index in [0.29, 0.717) is 0 Å². The van der Waals surface area contributed by atoms with Crippen LogP contribution in [0.3, 0.4) is 0 Å². The molecule has 4 rings (SSSR count). The Bertz CT molecular complexity index is 1030. The number of ether oxygens (including phenoxy) is 1. The Hall–Kier alpha value is -2.87. The van der Waals surface area contributed by atoms with E-state index < -0.39 is 35.4 Å². The molecule has 150 valence electrons. The predicted octanol–water partition coefficient (Wildman–Crippen LogP) is 4.83. The summed E-state index contributed by atoms with van der Waals surface area (Å²) in [5, 5.41) is 0.0670. The van der Waals surface area contributed by atoms with E-state index in [9.17, 15) is 27.2 Å². The lowest BCUT2D eigenvalue weighted by atomic mass is 9.83. The Labute approximate surface area is 167 Å². The number of hydrogen-bond donors (Lipinski definition) is 0. The zero-order valence-corrected chi connectivity index (χ0v) is 15.4. The van der Waals surface area contributed by atoms with Crippen molar-refractivity contribution in [1.29, 1.82) is 0 Å². The molecule has 1 unspecified atom stereocenters. The highest BCUT2D eigenvalue weighted by molar-refractivity contribution is 6.31. The quantitative estimate of drug-likeness (QED) is 0.511. The van der Waals surface area contributed by atoms with Crippen molar-refractivity contribution in [2.45, 2.75) is 18.5 Å². The molecule has 2 aromatic carbocycles. The summed E-state index contributed by atoms with van der Waals surface area (Å²) in [7, 11) is 0. The summed E-state index contributed by atoms with van der Waals surface area (Å²) in [6.07, 6.45) is -4.80. The molecule has 1 atom stereocenters. The number of halogens is 5. The van der Waals surface area contributed by atoms with Crippen LogP contribution < -0.4 is 4.90 Å². The van der Waals surface area contributed by atoms with Crippen LogP contribution in [0.1, 0.15) is 23.5 Å². The minimum atomic E-state index is -4.52. The van der Waals surface area contributed by atoms with Gasteiger partial charge in [-0.1, -0.05) is 17.7 Å². The summed E-state index contributed by atoms with van der Waals surface area (Å²) in [5.74, 6) is -2.82. The van der Waals surface area contributed by atoms with Gasteiger partial charge in [-0.3, -0.25) is 9.69 Å². The van der Waals surface area contributed by atoms with Crippen molar-refractivity contribution in [3.05, 3.63) is 75.7 Å². The van der Waals surface area contributed by atoms with Crippen molar-refractivity contribution < 1.29 is 31.9 Å². The number of rotatable bonds is 2. The molecular weight excluding hydrogens is 414 g/mol. The van der Waals surface area contributed by atoms with Crippen LogP contribution in [0.2, 0.25) is 5.02 Å². The molecule has 0 saturated heterocycles. The summed E-state index contributed by atoms with van der Waals surface area (Å²) in [5.41, 5.74) is -0.436. The van der Waals surface area contributed by atoms with E-state index in [2.05, 4.69) is 0 Å². The number of carbonyl (C=O) groups is 2. The lowest BCUT2D eigenvalue weighted by Gasteiger charge is -2.32. The van der Waals surface area contributed by atoms with Crippen molar-refractivity contribution >= 4 is 29.2 Å². The smallest absolute Gasteiger partial charge is 0.416 e. The van der Waals surface area contributed by atoms with Crippen molar-refractivity contribution in [2.24, 2.45) is 0 Å². The van der Waals surface area contributed by atoms with E-state index in [1.165, 1.54) is 18.2 Å². The molecule has 0 saturated carbocycles. The first-order chi connectivity index (χ1) is 13.7. The minimum Gasteiger partial charge on any atom is -0.456 e. The third-order valence-electron chi connectivity index (χ3n) is 4.92. The van der Waals surface area contributed by atoms with E-state index >= 15 is 0 Å². The van der Waals surface area contributed by atoms with Crippen molar-refractivity contribution in [1.82, 2.24) is 0 Å². The van der Waals surface area contributed by atoms with Crippen LogP contribution in [0.4, 0.5) is 23.2 Å². The van der Waals surface area contributed by atoms with Crippen molar-refractivity contribution in [3.63, 3.8) is 0 Å². The average molecular weight is 426 g/mol. The van der Waals surface area contributed by atoms with Gasteiger partial charge in [0.1, 0.15) is 12.4 Å². The van der Waals surface area contributed by atoms with Gasteiger partial charge in [-0.25, -0.2) is 9.18 Å². The molecule has 0 fully saturated rings. The number of alkyl halides is 3. The molecule has 9 heteroatoms. The van der Waals surface area contributed by atoms with Crippen LogP contribution in [-0.2, 0) is 20.5 Å². The highest BCUT2D eigenvalue weighted by Crippen LogP contribution is 2.44. The van der Waals surface area contributed by atoms with Gasteiger partial charge in [0.15, 0.2) is 0 Å². The van der Waals surface area contributed by atoms with Crippen LogP contribution in [-0.4, -0.2) is 18.5 Å². The molecule has 2 aliphatic heterocycles. The molecule has 0 spiro atoms. The lowest BCUT2D eigenvalue weighted by molar-refractivity contribution is -0.138. The molecule has 4 nitrogen and oxygen atoms in total. The third-order valence-corrected chi connectivity index (χ3v) is 5.25. The zero-order valence-electron chi connectivity index (χ0n) is 14.6. The number of benzene rings is 2. The number of anilines is 1. The summed E-state index contributed by atoms with van der Waals surface area (Å²) in [6, 6.07) is 8.01. The Morgan fingerprint density at radius 3 is 2.38 bits per heavy atom. The maximum absolute atomic E-state index is 14.4. The van der Waals surface area contributed by atoms with Gasteiger partial charge in [0.05, 0.1) is 16.8 Å². The molecular formula is C20H12ClF4NO3. The molecule has 2 aromatic rings. The summed E-state index contributed by atoms with van der Waals surface area (Å²) in [6.45, 7) is -0.247. The summed E-state index contributed by atoms with van der Waals surface area (Å²) < 4.78 is 57.9. The zero-order chi connectivity index (χ0) is 20.9. The van der Waals surface area contributed by atoms with Crippen LogP contribution in [0.25, 0.3) is 0 Å². The van der Waals surface area contributed by atoms with E-state index in [1.54, 1.807) is 0 Å². The molecule has 0 bridgehead atoms. The number of cyclic esters (lactones) is 1.